The fourth-order valence-electron chi connectivity index (χ4n) is 4.44. The number of aliphatic hydroxyl groups excluding tert-OH is 1. The van der Waals surface area contributed by atoms with Gasteiger partial charge in [-0.15, -0.1) is 0 Å². The lowest BCUT2D eigenvalue weighted by molar-refractivity contribution is -0.138. The van der Waals surface area contributed by atoms with Crippen LogP contribution < -0.4 is 16.8 Å². The largest absolute Gasteiger partial charge is 0.480 e. The van der Waals surface area contributed by atoms with Gasteiger partial charge in [0.15, 0.2) is 17.2 Å². The van der Waals surface area contributed by atoms with Crippen molar-refractivity contribution in [3.05, 3.63) is 47.5 Å². The van der Waals surface area contributed by atoms with Gasteiger partial charge in [-0.2, -0.15) is 0 Å². The highest BCUT2D eigenvalue weighted by molar-refractivity contribution is 6.30. The Balaban J connectivity index is 1.37. The Bertz CT molecular complexity index is 1230. The number of hydrogen-bond donors (Lipinski definition) is 6. The summed E-state index contributed by atoms with van der Waals surface area (Å²) in [5.41, 5.74) is 11.5. The molecule has 1 aliphatic rings. The van der Waals surface area contributed by atoms with Crippen LogP contribution in [0.25, 0.3) is 11.2 Å². The highest BCUT2D eigenvalue weighted by Crippen LogP contribution is 2.33. The second-order valence-corrected chi connectivity index (χ2v) is 9.82. The molecule has 0 bridgehead atoms. The van der Waals surface area contributed by atoms with Gasteiger partial charge in [-0.3, -0.25) is 14.3 Å². The lowest BCUT2D eigenvalue weighted by Crippen LogP contribution is -2.49. The number of aromatic nitrogens is 4. The number of carbonyl (C=O) groups is 1. The first-order valence-corrected chi connectivity index (χ1v) is 12.7. The molecule has 0 radical (unpaired) electrons. The number of carboxylic acids is 1. The van der Waals surface area contributed by atoms with Crippen molar-refractivity contribution < 1.29 is 24.9 Å². The number of imidazole rings is 1. The molecule has 1 saturated heterocycles. The first-order valence-electron chi connectivity index (χ1n) is 12.3. The van der Waals surface area contributed by atoms with E-state index in [1.165, 1.54) is 17.2 Å². The van der Waals surface area contributed by atoms with Crippen LogP contribution in [0.1, 0.15) is 12.0 Å². The summed E-state index contributed by atoms with van der Waals surface area (Å²) in [5.74, 6) is -0.919. The van der Waals surface area contributed by atoms with E-state index < -0.39 is 29.9 Å². The van der Waals surface area contributed by atoms with Crippen molar-refractivity contribution in [3.8, 4) is 0 Å². The Hall–Kier alpha value is -2.91. The van der Waals surface area contributed by atoms with Gasteiger partial charge in [0.25, 0.3) is 0 Å². The Morgan fingerprint density at radius 3 is 2.76 bits per heavy atom. The van der Waals surface area contributed by atoms with Crippen LogP contribution >= 0.6 is 11.6 Å². The summed E-state index contributed by atoms with van der Waals surface area (Å²) in [6, 6.07) is 6.66. The standard InChI is InChI=1S/C24H33ClN8O5/c25-16-3-1-15(2-4-16)5-7-28-8-10-32(9-6-17(26)23(35)36)11-18-20(34)24(37,12-38-18)33-14-31-19-21(27)29-13-30-22(19)33/h1-4,13-14,17-18,20,28,34,37H,5-12,26H2,(H,35,36)(H2,27,29,30)/t17-,18?,20+,24-/m0/s1. The highest BCUT2D eigenvalue weighted by Gasteiger charge is 2.50. The van der Waals surface area contributed by atoms with E-state index in [0.717, 1.165) is 18.5 Å². The van der Waals surface area contributed by atoms with Crippen molar-refractivity contribution >= 4 is 34.6 Å². The van der Waals surface area contributed by atoms with Gasteiger partial charge in [0.1, 0.15) is 30.1 Å². The van der Waals surface area contributed by atoms with Crippen LogP contribution in [-0.2, 0) is 21.7 Å². The van der Waals surface area contributed by atoms with Gasteiger partial charge < -0.3 is 36.8 Å². The minimum atomic E-state index is -1.82. The number of anilines is 1. The number of ether oxygens (including phenoxy) is 1. The molecule has 1 fully saturated rings. The average Bonchev–Trinajstić information content (AvgIpc) is 3.46. The smallest absolute Gasteiger partial charge is 0.320 e. The molecule has 4 atom stereocenters. The van der Waals surface area contributed by atoms with E-state index in [2.05, 4.69) is 20.3 Å². The molecule has 3 aromatic rings. The number of nitrogen functional groups attached to an aromatic ring is 1. The topological polar surface area (TPSA) is 198 Å². The molecule has 2 aromatic heterocycles. The third-order valence-electron chi connectivity index (χ3n) is 6.73. The molecule has 0 spiro atoms. The molecular formula is C24H33ClN8O5. The third-order valence-corrected chi connectivity index (χ3v) is 6.99. The Morgan fingerprint density at radius 1 is 1.26 bits per heavy atom. The van der Waals surface area contributed by atoms with Crippen molar-refractivity contribution in [1.82, 2.24) is 29.7 Å². The number of nitrogens with two attached hydrogens (primary N) is 2. The number of rotatable bonds is 13. The molecular weight excluding hydrogens is 516 g/mol. The molecule has 206 valence electrons. The highest BCUT2D eigenvalue weighted by atomic mass is 35.5. The maximum absolute atomic E-state index is 11.4. The zero-order valence-electron chi connectivity index (χ0n) is 20.8. The van der Waals surface area contributed by atoms with Crippen LogP contribution in [0, 0.1) is 0 Å². The number of aliphatic carboxylic acids is 1. The van der Waals surface area contributed by atoms with Crippen LogP contribution in [0.15, 0.2) is 36.9 Å². The van der Waals surface area contributed by atoms with Gasteiger partial charge in [-0.05, 0) is 37.1 Å². The van der Waals surface area contributed by atoms with Crippen LogP contribution in [0.5, 0.6) is 0 Å². The molecule has 1 unspecified atom stereocenters. The molecule has 38 heavy (non-hydrogen) atoms. The maximum Gasteiger partial charge on any atom is 0.320 e. The molecule has 3 heterocycles. The van der Waals surface area contributed by atoms with Crippen molar-refractivity contribution in [1.29, 1.82) is 0 Å². The number of hydrogen-bond acceptors (Lipinski definition) is 11. The zero-order chi connectivity index (χ0) is 27.3. The number of halogens is 1. The van der Waals surface area contributed by atoms with E-state index in [1.54, 1.807) is 0 Å². The predicted molar refractivity (Wildman–Crippen MR) is 140 cm³/mol. The molecule has 1 aromatic carbocycles. The van der Waals surface area contributed by atoms with Gasteiger partial charge in [-0.25, -0.2) is 15.0 Å². The lowest BCUT2D eigenvalue weighted by atomic mass is 10.0. The second-order valence-electron chi connectivity index (χ2n) is 9.38. The SMILES string of the molecule is Nc1ncnc2c1ncn2[C@]1(O)COC(CN(CCNCCc2ccc(Cl)cc2)CC[C@H](N)C(=O)O)[C@H]1O. The van der Waals surface area contributed by atoms with Crippen molar-refractivity contribution in [2.24, 2.45) is 5.73 Å². The lowest BCUT2D eigenvalue weighted by Gasteiger charge is -2.30. The number of aliphatic hydroxyl groups is 2. The molecule has 0 saturated carbocycles. The van der Waals surface area contributed by atoms with Crippen molar-refractivity contribution in [3.63, 3.8) is 0 Å². The van der Waals surface area contributed by atoms with E-state index in [-0.39, 0.29) is 31.0 Å². The molecule has 0 aliphatic carbocycles. The predicted octanol–water partition coefficient (Wildman–Crippen LogP) is -0.597. The van der Waals surface area contributed by atoms with Crippen molar-refractivity contribution in [2.75, 3.05) is 45.1 Å². The maximum atomic E-state index is 11.4. The van der Waals surface area contributed by atoms with Gasteiger partial charge in [0.05, 0.1) is 12.9 Å². The van der Waals surface area contributed by atoms with Gasteiger partial charge in [0.2, 0.25) is 0 Å². The van der Waals surface area contributed by atoms with E-state index in [1.807, 2.05) is 29.2 Å². The average molecular weight is 549 g/mol. The van der Waals surface area contributed by atoms with Crippen LogP contribution in [-0.4, -0.2) is 103 Å². The molecule has 14 heteroatoms. The Labute approximate surface area is 224 Å². The Morgan fingerprint density at radius 2 is 2.03 bits per heavy atom. The van der Waals surface area contributed by atoms with E-state index in [4.69, 9.17) is 27.8 Å². The summed E-state index contributed by atoms with van der Waals surface area (Å²) in [5, 5.41) is 35.7. The second kappa shape index (κ2) is 12.3. The normalized spacial score (nSPS) is 22.3. The third kappa shape index (κ3) is 6.38. The number of fused-ring (bicyclic) bond motifs is 1. The number of carboxylic acid groups (broad SMARTS) is 1. The van der Waals surface area contributed by atoms with Gasteiger partial charge in [-0.1, -0.05) is 23.7 Å². The molecule has 4 rings (SSSR count). The molecule has 13 nitrogen and oxygen atoms in total. The first kappa shape index (κ1) is 28.1. The molecule has 0 amide bonds. The summed E-state index contributed by atoms with van der Waals surface area (Å²) in [6.45, 7) is 2.33. The van der Waals surface area contributed by atoms with Crippen LogP contribution in [0.2, 0.25) is 5.02 Å². The minimum absolute atomic E-state index is 0.159. The quantitative estimate of drug-likeness (QED) is 0.148. The zero-order valence-corrected chi connectivity index (χ0v) is 21.5. The number of nitrogens with one attached hydrogen (secondary N) is 1. The summed E-state index contributed by atoms with van der Waals surface area (Å²) >= 11 is 5.93. The summed E-state index contributed by atoms with van der Waals surface area (Å²) in [7, 11) is 0. The summed E-state index contributed by atoms with van der Waals surface area (Å²) in [6.07, 6.45) is 1.57. The first-order chi connectivity index (χ1) is 18.2. The molecule has 1 aliphatic heterocycles. The summed E-state index contributed by atoms with van der Waals surface area (Å²) < 4.78 is 7.16. The van der Waals surface area contributed by atoms with E-state index in [0.29, 0.717) is 30.2 Å². The van der Waals surface area contributed by atoms with Crippen LogP contribution in [0.4, 0.5) is 5.82 Å². The number of nitrogens with zero attached hydrogens (tertiary/aromatic N) is 5. The fraction of sp³-hybridized carbons (Fsp3) is 0.500. The van der Waals surface area contributed by atoms with Gasteiger partial charge in [0, 0.05) is 31.2 Å². The summed E-state index contributed by atoms with van der Waals surface area (Å²) in [4.78, 5) is 25.4. The van der Waals surface area contributed by atoms with Gasteiger partial charge >= 0.3 is 5.97 Å². The number of benzene rings is 1. The Kier molecular flexibility index (Phi) is 9.10. The van der Waals surface area contributed by atoms with Crippen LogP contribution in [0.3, 0.4) is 0 Å². The molecule has 8 N–H and O–H groups in total. The van der Waals surface area contributed by atoms with E-state index in [9.17, 15) is 20.1 Å². The fourth-order valence-corrected chi connectivity index (χ4v) is 4.57. The van der Waals surface area contributed by atoms with Crippen molar-refractivity contribution in [2.45, 2.75) is 36.8 Å². The monoisotopic (exact) mass is 548 g/mol. The van der Waals surface area contributed by atoms with E-state index >= 15 is 0 Å². The minimum Gasteiger partial charge on any atom is -0.480 e.